The highest BCUT2D eigenvalue weighted by Gasteiger charge is 2.26. The van der Waals surface area contributed by atoms with Crippen LogP contribution in [-0.2, 0) is 0 Å². The van der Waals surface area contributed by atoms with E-state index in [4.69, 9.17) is 0 Å². The Bertz CT molecular complexity index is 631. The molecule has 1 aliphatic rings. The third-order valence-corrected chi connectivity index (χ3v) is 3.73. The summed E-state index contributed by atoms with van der Waals surface area (Å²) in [5, 5.41) is 0. The second-order valence-electron chi connectivity index (χ2n) is 5.21. The van der Waals surface area contributed by atoms with Crippen LogP contribution < -0.4 is 0 Å². The smallest absolute Gasteiger partial charge is 0.272 e. The fourth-order valence-corrected chi connectivity index (χ4v) is 2.68. The molecule has 0 spiro atoms. The molecule has 1 atom stereocenters. The molecule has 1 fully saturated rings. The fourth-order valence-electron chi connectivity index (χ4n) is 2.68. The van der Waals surface area contributed by atoms with Crippen molar-refractivity contribution in [3.8, 4) is 0 Å². The quantitative estimate of drug-likeness (QED) is 0.837. The van der Waals surface area contributed by atoms with Crippen molar-refractivity contribution >= 4 is 5.91 Å². The number of carbonyl (C=O) groups excluding carboxylic acids is 1. The van der Waals surface area contributed by atoms with Crippen molar-refractivity contribution in [1.82, 2.24) is 24.8 Å². The summed E-state index contributed by atoms with van der Waals surface area (Å²) >= 11 is 0. The highest BCUT2D eigenvalue weighted by Crippen LogP contribution is 2.26. The van der Waals surface area contributed by atoms with Crippen LogP contribution in [0.25, 0.3) is 0 Å². The van der Waals surface area contributed by atoms with Crippen molar-refractivity contribution in [3.63, 3.8) is 0 Å². The highest BCUT2D eigenvalue weighted by atomic mass is 16.2. The van der Waals surface area contributed by atoms with Crippen LogP contribution in [0.5, 0.6) is 0 Å². The SMILES string of the molecule is Cc1nccc([C@@H]2CCCN(C(=O)c3ccncn3)C2)n1. The highest BCUT2D eigenvalue weighted by molar-refractivity contribution is 5.92. The van der Waals surface area contributed by atoms with Crippen molar-refractivity contribution in [2.24, 2.45) is 0 Å². The Labute approximate surface area is 123 Å². The number of aromatic nitrogens is 4. The molecule has 0 N–H and O–H groups in total. The first-order valence-electron chi connectivity index (χ1n) is 7.09. The molecule has 0 bridgehead atoms. The van der Waals surface area contributed by atoms with Gasteiger partial charge in [0, 0.05) is 37.1 Å². The van der Waals surface area contributed by atoms with Crippen molar-refractivity contribution in [1.29, 1.82) is 0 Å². The monoisotopic (exact) mass is 283 g/mol. The predicted molar refractivity (Wildman–Crippen MR) is 76.7 cm³/mol. The first kappa shape index (κ1) is 13.6. The van der Waals surface area contributed by atoms with E-state index in [9.17, 15) is 4.79 Å². The lowest BCUT2D eigenvalue weighted by Crippen LogP contribution is -2.39. The molecule has 0 aromatic carbocycles. The minimum atomic E-state index is -0.0344. The van der Waals surface area contributed by atoms with Gasteiger partial charge in [-0.1, -0.05) is 0 Å². The maximum atomic E-state index is 12.4. The van der Waals surface area contributed by atoms with Crippen molar-refractivity contribution < 1.29 is 4.79 Å². The molecule has 0 unspecified atom stereocenters. The van der Waals surface area contributed by atoms with Crippen LogP contribution in [0.4, 0.5) is 0 Å². The molecule has 2 aromatic rings. The molecule has 2 aromatic heterocycles. The van der Waals surface area contributed by atoms with E-state index in [0.29, 0.717) is 12.2 Å². The molecule has 1 amide bonds. The topological polar surface area (TPSA) is 71.9 Å². The van der Waals surface area contributed by atoms with Gasteiger partial charge in [-0.3, -0.25) is 4.79 Å². The Morgan fingerprint density at radius 1 is 1.29 bits per heavy atom. The fraction of sp³-hybridized carbons (Fsp3) is 0.400. The summed E-state index contributed by atoms with van der Waals surface area (Å²) in [6, 6.07) is 3.59. The van der Waals surface area contributed by atoms with Gasteiger partial charge in [0.05, 0.1) is 0 Å². The average molecular weight is 283 g/mol. The second kappa shape index (κ2) is 5.95. The first-order chi connectivity index (χ1) is 10.2. The maximum Gasteiger partial charge on any atom is 0.272 e. The summed E-state index contributed by atoms with van der Waals surface area (Å²) in [6.07, 6.45) is 6.80. The molecule has 0 radical (unpaired) electrons. The van der Waals surface area contributed by atoms with Gasteiger partial charge in [0.1, 0.15) is 17.8 Å². The van der Waals surface area contributed by atoms with Crippen LogP contribution in [0, 0.1) is 6.92 Å². The van der Waals surface area contributed by atoms with Crippen LogP contribution in [-0.4, -0.2) is 43.8 Å². The van der Waals surface area contributed by atoms with E-state index in [2.05, 4.69) is 19.9 Å². The van der Waals surface area contributed by atoms with Gasteiger partial charge in [-0.05, 0) is 31.9 Å². The first-order valence-corrected chi connectivity index (χ1v) is 7.09. The zero-order chi connectivity index (χ0) is 14.7. The molecule has 1 saturated heterocycles. The van der Waals surface area contributed by atoms with Crippen LogP contribution in [0.3, 0.4) is 0 Å². The van der Waals surface area contributed by atoms with E-state index in [-0.39, 0.29) is 11.8 Å². The number of hydrogen-bond acceptors (Lipinski definition) is 5. The number of aryl methyl sites for hydroxylation is 1. The Morgan fingerprint density at radius 2 is 2.19 bits per heavy atom. The largest absolute Gasteiger partial charge is 0.337 e. The van der Waals surface area contributed by atoms with E-state index >= 15 is 0 Å². The van der Waals surface area contributed by atoms with E-state index in [1.54, 1.807) is 18.5 Å². The van der Waals surface area contributed by atoms with Gasteiger partial charge < -0.3 is 4.90 Å². The Hall–Kier alpha value is -2.37. The standard InChI is InChI=1S/C15H17N5O/c1-11-17-7-5-13(19-11)12-3-2-8-20(9-12)15(21)14-4-6-16-10-18-14/h4-7,10,12H,2-3,8-9H2,1H3/t12-/m1/s1. The number of rotatable bonds is 2. The Balaban J connectivity index is 1.75. The number of hydrogen-bond donors (Lipinski definition) is 0. The molecule has 6 heteroatoms. The number of amides is 1. The molecule has 6 nitrogen and oxygen atoms in total. The second-order valence-corrected chi connectivity index (χ2v) is 5.21. The van der Waals surface area contributed by atoms with Crippen molar-refractivity contribution in [3.05, 3.63) is 48.1 Å². The van der Waals surface area contributed by atoms with Gasteiger partial charge in [-0.15, -0.1) is 0 Å². The van der Waals surface area contributed by atoms with Crippen LogP contribution in [0.1, 0.15) is 40.8 Å². The van der Waals surface area contributed by atoms with Crippen molar-refractivity contribution in [2.75, 3.05) is 13.1 Å². The Morgan fingerprint density at radius 3 is 2.95 bits per heavy atom. The van der Waals surface area contributed by atoms with E-state index in [1.807, 2.05) is 17.9 Å². The third-order valence-electron chi connectivity index (χ3n) is 3.73. The summed E-state index contributed by atoms with van der Waals surface area (Å²) in [6.45, 7) is 3.33. The molecule has 108 valence electrons. The van der Waals surface area contributed by atoms with Gasteiger partial charge in [0.15, 0.2) is 0 Å². The van der Waals surface area contributed by atoms with Crippen LogP contribution in [0.2, 0.25) is 0 Å². The minimum absolute atomic E-state index is 0.0344. The molecule has 1 aliphatic heterocycles. The van der Waals surface area contributed by atoms with E-state index < -0.39 is 0 Å². The molecule has 3 heterocycles. The number of piperidine rings is 1. The van der Waals surface area contributed by atoms with Gasteiger partial charge in [0.25, 0.3) is 5.91 Å². The van der Waals surface area contributed by atoms with Gasteiger partial charge >= 0.3 is 0 Å². The number of nitrogens with zero attached hydrogens (tertiary/aromatic N) is 5. The molecule has 21 heavy (non-hydrogen) atoms. The summed E-state index contributed by atoms with van der Waals surface area (Å²) in [7, 11) is 0. The zero-order valence-corrected chi connectivity index (χ0v) is 11.9. The van der Waals surface area contributed by atoms with Crippen LogP contribution >= 0.6 is 0 Å². The average Bonchev–Trinajstić information content (AvgIpc) is 2.55. The van der Waals surface area contributed by atoms with Crippen molar-refractivity contribution in [2.45, 2.75) is 25.7 Å². The van der Waals surface area contributed by atoms with E-state index in [1.165, 1.54) is 6.33 Å². The van der Waals surface area contributed by atoms with E-state index in [0.717, 1.165) is 30.9 Å². The molecular weight excluding hydrogens is 266 g/mol. The lowest BCUT2D eigenvalue weighted by molar-refractivity contribution is 0.0699. The predicted octanol–water partition coefficient (Wildman–Crippen LogP) is 1.59. The molecule has 0 saturated carbocycles. The number of carbonyl (C=O) groups is 1. The van der Waals surface area contributed by atoms with Gasteiger partial charge in [-0.25, -0.2) is 19.9 Å². The Kier molecular flexibility index (Phi) is 3.85. The lowest BCUT2D eigenvalue weighted by Gasteiger charge is -2.32. The summed E-state index contributed by atoms with van der Waals surface area (Å²) in [5.41, 5.74) is 1.47. The molecule has 3 rings (SSSR count). The maximum absolute atomic E-state index is 12.4. The summed E-state index contributed by atoms with van der Waals surface area (Å²) < 4.78 is 0. The summed E-state index contributed by atoms with van der Waals surface area (Å²) in [5.74, 6) is 1.01. The minimum Gasteiger partial charge on any atom is -0.337 e. The van der Waals surface area contributed by atoms with Gasteiger partial charge in [-0.2, -0.15) is 0 Å². The molecule has 0 aliphatic carbocycles. The molecular formula is C15H17N5O. The summed E-state index contributed by atoms with van der Waals surface area (Å²) in [4.78, 5) is 30.8. The normalized spacial score (nSPS) is 18.5. The lowest BCUT2D eigenvalue weighted by atomic mass is 9.94. The number of likely N-dealkylation sites (tertiary alicyclic amines) is 1. The zero-order valence-electron chi connectivity index (χ0n) is 11.9. The van der Waals surface area contributed by atoms with Crippen LogP contribution in [0.15, 0.2) is 30.9 Å². The third kappa shape index (κ3) is 3.04. The van der Waals surface area contributed by atoms with Gasteiger partial charge in [0.2, 0.25) is 0 Å².